The summed E-state index contributed by atoms with van der Waals surface area (Å²) in [5.74, 6) is 1.23. The molecule has 0 bridgehead atoms. The molecule has 4 rings (SSSR count). The van der Waals surface area contributed by atoms with Crippen LogP contribution in [0.4, 0.5) is 0 Å². The zero-order chi connectivity index (χ0) is 10.5. The van der Waals surface area contributed by atoms with Gasteiger partial charge in [-0.05, 0) is 24.0 Å². The molecule has 3 aliphatic rings. The topological polar surface area (TPSA) is 15.6 Å². The molecule has 17 heavy (non-hydrogen) atoms. The molecule has 2 aliphatic heterocycles. The summed E-state index contributed by atoms with van der Waals surface area (Å²) >= 11 is 1.93. The van der Waals surface area contributed by atoms with E-state index in [2.05, 4.69) is 29.2 Å². The molecule has 2 heterocycles. The van der Waals surface area contributed by atoms with E-state index in [1.54, 1.807) is 0 Å². The maximum atomic E-state index is 4.92. The average Bonchev–Trinajstić information content (AvgIpc) is 2.88. The Morgan fingerprint density at radius 2 is 2.18 bits per heavy atom. The number of hydrogen-bond donors (Lipinski definition) is 0. The molecule has 0 N–H and O–H groups in total. The van der Waals surface area contributed by atoms with Crippen molar-refractivity contribution < 1.29 is 0 Å². The summed E-state index contributed by atoms with van der Waals surface area (Å²) in [6, 6.07) is 9.91. The second kappa shape index (κ2) is 4.21. The summed E-state index contributed by atoms with van der Waals surface area (Å²) in [5, 5.41) is 1.30. The lowest BCUT2D eigenvalue weighted by Gasteiger charge is -2.31. The van der Waals surface area contributed by atoms with Crippen LogP contribution in [0.15, 0.2) is 29.3 Å². The molecule has 0 spiro atoms. The highest BCUT2D eigenvalue weighted by Crippen LogP contribution is 2.43. The smallest absolute Gasteiger partial charge is 0.160 e. The van der Waals surface area contributed by atoms with Crippen molar-refractivity contribution >= 4 is 29.3 Å². The van der Waals surface area contributed by atoms with Crippen molar-refractivity contribution in [1.82, 2.24) is 4.90 Å². The first kappa shape index (κ1) is 11.4. The molecule has 90 valence electrons. The first-order valence-electron chi connectivity index (χ1n) is 5.98. The van der Waals surface area contributed by atoms with Gasteiger partial charge in [-0.15, -0.1) is 12.4 Å². The highest BCUT2D eigenvalue weighted by Gasteiger charge is 2.42. The van der Waals surface area contributed by atoms with E-state index in [-0.39, 0.29) is 12.4 Å². The van der Waals surface area contributed by atoms with Gasteiger partial charge in [0.1, 0.15) is 0 Å². The van der Waals surface area contributed by atoms with Gasteiger partial charge in [0, 0.05) is 12.3 Å². The van der Waals surface area contributed by atoms with E-state index < -0.39 is 0 Å². The first-order chi connectivity index (χ1) is 7.93. The molecule has 1 aromatic rings. The van der Waals surface area contributed by atoms with Crippen molar-refractivity contribution in [2.24, 2.45) is 4.99 Å². The van der Waals surface area contributed by atoms with Crippen LogP contribution >= 0.6 is 24.2 Å². The molecule has 2 unspecified atom stereocenters. The first-order valence-corrected chi connectivity index (χ1v) is 6.97. The quantitative estimate of drug-likeness (QED) is 0.718. The van der Waals surface area contributed by atoms with Gasteiger partial charge in [-0.3, -0.25) is 4.99 Å². The van der Waals surface area contributed by atoms with Crippen LogP contribution in [0.1, 0.15) is 23.6 Å². The van der Waals surface area contributed by atoms with Gasteiger partial charge in [0.25, 0.3) is 0 Å². The molecule has 0 saturated carbocycles. The van der Waals surface area contributed by atoms with Gasteiger partial charge in [-0.2, -0.15) is 0 Å². The Labute approximate surface area is 112 Å². The number of nitrogens with zero attached hydrogens (tertiary/aromatic N) is 2. The summed E-state index contributed by atoms with van der Waals surface area (Å²) in [4.78, 5) is 7.45. The number of rotatable bonds is 0. The largest absolute Gasteiger partial charge is 0.345 e. The zero-order valence-corrected chi connectivity index (χ0v) is 11.1. The van der Waals surface area contributed by atoms with Crippen molar-refractivity contribution in [2.45, 2.75) is 24.9 Å². The lowest BCUT2D eigenvalue weighted by molar-refractivity contribution is 0.297. The van der Waals surface area contributed by atoms with E-state index in [0.29, 0.717) is 12.1 Å². The Kier molecular flexibility index (Phi) is 2.83. The Hall–Kier alpha value is -0.670. The van der Waals surface area contributed by atoms with Gasteiger partial charge < -0.3 is 4.90 Å². The van der Waals surface area contributed by atoms with E-state index in [1.807, 2.05) is 11.8 Å². The minimum atomic E-state index is 0. The van der Waals surface area contributed by atoms with Crippen LogP contribution in [0.2, 0.25) is 0 Å². The Morgan fingerprint density at radius 3 is 3.12 bits per heavy atom. The fraction of sp³-hybridized carbons (Fsp3) is 0.462. The lowest BCUT2D eigenvalue weighted by Crippen LogP contribution is -2.36. The van der Waals surface area contributed by atoms with Gasteiger partial charge in [0.05, 0.1) is 12.1 Å². The highest BCUT2D eigenvalue weighted by molar-refractivity contribution is 8.14. The molecule has 4 heteroatoms. The van der Waals surface area contributed by atoms with Crippen LogP contribution in [0, 0.1) is 0 Å². The maximum Gasteiger partial charge on any atom is 0.160 e. The summed E-state index contributed by atoms with van der Waals surface area (Å²) in [5.41, 5.74) is 2.99. The van der Waals surface area contributed by atoms with E-state index in [9.17, 15) is 0 Å². The third kappa shape index (κ3) is 1.59. The molecule has 1 saturated heterocycles. The highest BCUT2D eigenvalue weighted by atomic mass is 35.5. The standard InChI is InChI=1S/C13H14N2S.ClH/c1-2-4-10-9(3-1)5-6-11-12(10)14-13-15(11)7-8-16-13;/h1-4,11-12H,5-8H2;1H. The number of thioether (sulfide) groups is 1. The molecule has 1 aromatic carbocycles. The van der Waals surface area contributed by atoms with Crippen LogP contribution in [0.5, 0.6) is 0 Å². The SMILES string of the molecule is Cl.c1ccc2c(c1)CCC1C2N=C2SCCN21. The van der Waals surface area contributed by atoms with Crippen LogP contribution in [-0.4, -0.2) is 28.4 Å². The van der Waals surface area contributed by atoms with E-state index in [0.717, 1.165) is 0 Å². The lowest BCUT2D eigenvalue weighted by atomic mass is 9.84. The zero-order valence-electron chi connectivity index (χ0n) is 9.50. The second-order valence-electron chi connectivity index (χ2n) is 4.70. The van der Waals surface area contributed by atoms with E-state index >= 15 is 0 Å². The Balaban J connectivity index is 0.000000902. The van der Waals surface area contributed by atoms with Gasteiger partial charge in [-0.25, -0.2) is 0 Å². The Morgan fingerprint density at radius 1 is 1.29 bits per heavy atom. The number of aliphatic imine (C=N–C) groups is 1. The van der Waals surface area contributed by atoms with Crippen molar-refractivity contribution in [1.29, 1.82) is 0 Å². The number of aryl methyl sites for hydroxylation is 1. The number of halogens is 1. The van der Waals surface area contributed by atoms with Gasteiger partial charge >= 0.3 is 0 Å². The molecule has 1 fully saturated rings. The number of benzene rings is 1. The number of hydrogen-bond acceptors (Lipinski definition) is 3. The minimum absolute atomic E-state index is 0. The molecule has 2 nitrogen and oxygen atoms in total. The molecule has 0 radical (unpaired) electrons. The van der Waals surface area contributed by atoms with Crippen molar-refractivity contribution in [2.75, 3.05) is 12.3 Å². The van der Waals surface area contributed by atoms with Crippen LogP contribution in [0.25, 0.3) is 0 Å². The molecular weight excluding hydrogens is 252 g/mol. The monoisotopic (exact) mass is 266 g/mol. The molecule has 2 atom stereocenters. The van der Waals surface area contributed by atoms with Gasteiger partial charge in [-0.1, -0.05) is 36.0 Å². The predicted molar refractivity (Wildman–Crippen MR) is 75.1 cm³/mol. The molecule has 0 aromatic heterocycles. The third-order valence-corrected chi connectivity index (χ3v) is 4.89. The molecule has 1 aliphatic carbocycles. The summed E-state index contributed by atoms with van der Waals surface area (Å²) < 4.78 is 0. The Bertz CT molecular complexity index is 474. The predicted octanol–water partition coefficient (Wildman–Crippen LogP) is 2.88. The number of amidine groups is 1. The van der Waals surface area contributed by atoms with E-state index in [1.165, 1.54) is 41.4 Å². The van der Waals surface area contributed by atoms with Gasteiger partial charge in [0.15, 0.2) is 5.17 Å². The second-order valence-corrected chi connectivity index (χ2v) is 5.77. The molecule has 0 amide bonds. The van der Waals surface area contributed by atoms with Crippen LogP contribution < -0.4 is 0 Å². The molecular formula is C13H15ClN2S. The van der Waals surface area contributed by atoms with Crippen molar-refractivity contribution in [3.05, 3.63) is 35.4 Å². The summed E-state index contributed by atoms with van der Waals surface area (Å²) in [6.45, 7) is 1.20. The van der Waals surface area contributed by atoms with Gasteiger partial charge in [0.2, 0.25) is 0 Å². The summed E-state index contributed by atoms with van der Waals surface area (Å²) in [6.07, 6.45) is 2.50. The van der Waals surface area contributed by atoms with Crippen LogP contribution in [0.3, 0.4) is 0 Å². The fourth-order valence-electron chi connectivity index (χ4n) is 3.15. The maximum absolute atomic E-state index is 4.92. The third-order valence-electron chi connectivity index (χ3n) is 3.91. The van der Waals surface area contributed by atoms with Crippen LogP contribution in [-0.2, 0) is 6.42 Å². The average molecular weight is 267 g/mol. The fourth-order valence-corrected chi connectivity index (χ4v) is 4.20. The summed E-state index contributed by atoms with van der Waals surface area (Å²) in [7, 11) is 0. The van der Waals surface area contributed by atoms with Crippen molar-refractivity contribution in [3.8, 4) is 0 Å². The van der Waals surface area contributed by atoms with Crippen molar-refractivity contribution in [3.63, 3.8) is 0 Å². The minimum Gasteiger partial charge on any atom is -0.345 e. The van der Waals surface area contributed by atoms with E-state index in [4.69, 9.17) is 4.99 Å². The number of fused-ring (bicyclic) bond motifs is 5. The normalized spacial score (nSPS) is 28.9.